The number of unbranched alkanes of at least 4 members (excludes halogenated alkanes) is 98. The lowest BCUT2D eigenvalue weighted by atomic mass is 9.62. The number of rotatable bonds is 109. The smallest absolute Gasteiger partial charge is 0.0269 e. The van der Waals surface area contributed by atoms with E-state index in [1.165, 1.54) is 661 Å². The second-order valence-electron chi connectivity index (χ2n) is 40.5. The van der Waals surface area contributed by atoms with Gasteiger partial charge >= 0.3 is 0 Å². The molecule has 0 aliphatic rings. The van der Waals surface area contributed by atoms with E-state index in [1.54, 1.807) is 32.1 Å². The van der Waals surface area contributed by atoms with Gasteiger partial charge in [-0.15, -0.1) is 0 Å². The Kier molecular flexibility index (Phi) is 106. The van der Waals surface area contributed by atoms with Gasteiger partial charge in [-0.2, -0.15) is 0 Å². The zero-order valence-corrected chi connectivity index (χ0v) is 82.4. The van der Waals surface area contributed by atoms with Crippen LogP contribution in [0.5, 0.6) is 0 Å². The molecule has 0 aliphatic heterocycles. The minimum Gasteiger partial charge on any atom is -0.0654 e. The molecule has 692 valence electrons. The van der Waals surface area contributed by atoms with Crippen LogP contribution in [0, 0.1) is 11.3 Å². The van der Waals surface area contributed by atoms with Gasteiger partial charge in [-0.3, -0.25) is 0 Å². The maximum atomic E-state index is 2.34. The molecule has 0 radical (unpaired) electrons. The van der Waals surface area contributed by atoms with E-state index in [2.05, 4.69) is 34.6 Å². The molecule has 0 spiro atoms. The Hall–Kier alpha value is 0. The molecule has 0 saturated heterocycles. The van der Waals surface area contributed by atoms with Crippen molar-refractivity contribution in [3.63, 3.8) is 0 Å². The maximum absolute atomic E-state index is 2.34. The lowest BCUT2D eigenvalue weighted by Crippen LogP contribution is -2.32. The highest BCUT2D eigenvalue weighted by Crippen LogP contribution is 2.49. The van der Waals surface area contributed by atoms with Crippen molar-refractivity contribution < 1.29 is 0 Å². The Balaban J connectivity index is 5.98. The first-order valence-electron chi connectivity index (χ1n) is 57.2. The zero-order valence-electron chi connectivity index (χ0n) is 82.4. The Labute approximate surface area is 734 Å². The lowest BCUT2D eigenvalue weighted by molar-refractivity contribution is 0.0813. The molecule has 2 atom stereocenters. The fourth-order valence-electron chi connectivity index (χ4n) is 20.8. The molecule has 0 N–H and O–H groups in total. The summed E-state index contributed by atoms with van der Waals surface area (Å²) in [7, 11) is 0. The lowest BCUT2D eigenvalue weighted by Gasteiger charge is -2.43. The van der Waals surface area contributed by atoms with E-state index in [-0.39, 0.29) is 0 Å². The largest absolute Gasteiger partial charge is 0.0654 e. The molecule has 115 heavy (non-hydrogen) atoms. The third kappa shape index (κ3) is 96.1. The highest BCUT2D eigenvalue weighted by atomic mass is 14.4. The van der Waals surface area contributed by atoms with Crippen molar-refractivity contribution in [1.29, 1.82) is 0 Å². The SMILES string of the molecule is CCCCCCCCCCCCCCCCCCCCCCCCC(CCCCCCCCCCCCCCCCCCCCCCC)C(CCCCCCCCCCCCCCCCCCCCC)(CCCCCCCCCCCCCCCCCCCCCC)CCCCCCCCCCCCCCCCCCCCCCC. The van der Waals surface area contributed by atoms with Crippen LogP contribution in [0.25, 0.3) is 0 Å². The normalized spacial score (nSPS) is 12.7. The van der Waals surface area contributed by atoms with E-state index in [0.717, 1.165) is 5.92 Å². The van der Waals surface area contributed by atoms with Crippen LogP contribution in [0.4, 0.5) is 0 Å². The summed E-state index contributed by atoms with van der Waals surface area (Å²) in [5.74, 6) is 0.971. The molecule has 0 fully saturated rings. The van der Waals surface area contributed by atoms with Gasteiger partial charge in [0.25, 0.3) is 0 Å². The highest BCUT2D eigenvalue weighted by molar-refractivity contribution is 4.88. The molecular formula is C115H232. The van der Waals surface area contributed by atoms with Gasteiger partial charge in [0.2, 0.25) is 0 Å². The predicted octanol–water partition coefficient (Wildman–Crippen LogP) is 44.8. The van der Waals surface area contributed by atoms with Crippen molar-refractivity contribution in [3.8, 4) is 0 Å². The van der Waals surface area contributed by atoms with Crippen molar-refractivity contribution in [1.82, 2.24) is 0 Å². The minimum atomic E-state index is 0.595. The van der Waals surface area contributed by atoms with Crippen molar-refractivity contribution in [3.05, 3.63) is 0 Å². The molecule has 2 unspecified atom stereocenters. The summed E-state index contributed by atoms with van der Waals surface area (Å²) in [5.41, 5.74) is 0.595. The van der Waals surface area contributed by atoms with Crippen LogP contribution in [0.15, 0.2) is 0 Å². The third-order valence-electron chi connectivity index (χ3n) is 29.0. The first-order chi connectivity index (χ1) is 57.2. The van der Waals surface area contributed by atoms with Gasteiger partial charge in [0.1, 0.15) is 0 Å². The average molecular weight is 1620 g/mol. The molecule has 0 aromatic rings. The van der Waals surface area contributed by atoms with Crippen LogP contribution in [0.2, 0.25) is 0 Å². The summed E-state index contributed by atoms with van der Waals surface area (Å²) in [6.45, 7) is 11.7. The summed E-state index contributed by atoms with van der Waals surface area (Å²) in [4.78, 5) is 0. The van der Waals surface area contributed by atoms with Crippen molar-refractivity contribution in [2.75, 3.05) is 0 Å². The van der Waals surface area contributed by atoms with Crippen LogP contribution in [-0.2, 0) is 0 Å². The van der Waals surface area contributed by atoms with Crippen LogP contribution in [-0.4, -0.2) is 0 Å². The highest BCUT2D eigenvalue weighted by Gasteiger charge is 2.36. The Bertz CT molecular complexity index is 1590. The molecular weight excluding hydrogens is 1380 g/mol. The maximum Gasteiger partial charge on any atom is -0.0269 e. The van der Waals surface area contributed by atoms with Gasteiger partial charge in [-0.05, 0) is 43.4 Å². The van der Waals surface area contributed by atoms with E-state index in [1.807, 2.05) is 0 Å². The quantitative estimate of drug-likeness (QED) is 0.0533. The van der Waals surface area contributed by atoms with Gasteiger partial charge in [0.15, 0.2) is 0 Å². The predicted molar refractivity (Wildman–Crippen MR) is 533 cm³/mol. The Morgan fingerprint density at radius 1 is 0.0957 bits per heavy atom. The molecule has 0 aromatic heterocycles. The van der Waals surface area contributed by atoms with Crippen LogP contribution in [0.1, 0.15) is 728 Å². The summed E-state index contributed by atoms with van der Waals surface area (Å²) in [6.07, 6.45) is 161. The van der Waals surface area contributed by atoms with Gasteiger partial charge in [0.05, 0.1) is 0 Å². The Morgan fingerprint density at radius 3 is 0.270 bits per heavy atom. The topological polar surface area (TPSA) is 0 Å². The van der Waals surface area contributed by atoms with Crippen LogP contribution < -0.4 is 0 Å². The van der Waals surface area contributed by atoms with E-state index in [4.69, 9.17) is 0 Å². The molecule has 0 amide bonds. The molecule has 0 saturated carbocycles. The fraction of sp³-hybridized carbons (Fsp3) is 1.00. The van der Waals surface area contributed by atoms with Crippen molar-refractivity contribution in [2.24, 2.45) is 11.3 Å². The molecule has 0 aromatic carbocycles. The van der Waals surface area contributed by atoms with Crippen LogP contribution >= 0.6 is 0 Å². The summed E-state index contributed by atoms with van der Waals surface area (Å²) >= 11 is 0. The summed E-state index contributed by atoms with van der Waals surface area (Å²) < 4.78 is 0. The molecule has 0 heteroatoms. The summed E-state index contributed by atoms with van der Waals surface area (Å²) in [5, 5.41) is 0. The second-order valence-corrected chi connectivity index (χ2v) is 40.5. The van der Waals surface area contributed by atoms with Gasteiger partial charge in [-0.1, -0.05) is 696 Å². The molecule has 0 aliphatic carbocycles. The van der Waals surface area contributed by atoms with Gasteiger partial charge in [-0.25, -0.2) is 0 Å². The van der Waals surface area contributed by atoms with E-state index < -0.39 is 0 Å². The minimum absolute atomic E-state index is 0.595. The molecule has 0 bridgehead atoms. The Morgan fingerprint density at radius 2 is 0.174 bits per heavy atom. The average Bonchev–Trinajstić information content (AvgIpc) is 0.825. The monoisotopic (exact) mass is 1610 g/mol. The molecule has 0 rings (SSSR count). The summed E-state index contributed by atoms with van der Waals surface area (Å²) in [6, 6.07) is 0. The van der Waals surface area contributed by atoms with E-state index in [0.29, 0.717) is 5.41 Å². The second kappa shape index (κ2) is 106. The third-order valence-corrected chi connectivity index (χ3v) is 29.0. The van der Waals surface area contributed by atoms with Crippen molar-refractivity contribution >= 4 is 0 Å². The van der Waals surface area contributed by atoms with Gasteiger partial charge < -0.3 is 0 Å². The number of hydrogen-bond donors (Lipinski definition) is 0. The standard InChI is InChI=1S/C115H232/c1-6-11-16-21-26-31-36-41-46-51-56-60-62-65-70-75-80-85-90-95-100-105-110-114(109-104-99-94-89-84-79-74-69-64-61-57-52-47-42-37-32-27-22-17-12-7-2)115(111-106-101-96-91-86-81-76-71-66-55-50-45-40-35-30-25-20-15-10-5,112-107-102-97-92-87-82-77-72-67-59-54-49-44-39-34-29-24-19-14-9-4)113-108-103-98-93-88-83-78-73-68-63-58-53-48-43-38-33-28-23-18-13-8-3/h114H,6-113H2,1-5H3. The van der Waals surface area contributed by atoms with E-state index >= 15 is 0 Å². The fourth-order valence-corrected chi connectivity index (χ4v) is 20.8. The van der Waals surface area contributed by atoms with Crippen LogP contribution in [0.3, 0.4) is 0 Å². The molecule has 0 nitrogen and oxygen atoms in total. The molecule has 0 heterocycles. The first kappa shape index (κ1) is 115. The van der Waals surface area contributed by atoms with Crippen molar-refractivity contribution in [2.45, 2.75) is 728 Å². The number of hydrogen-bond acceptors (Lipinski definition) is 0. The van der Waals surface area contributed by atoms with Gasteiger partial charge in [0, 0.05) is 0 Å². The van der Waals surface area contributed by atoms with E-state index in [9.17, 15) is 0 Å². The zero-order chi connectivity index (χ0) is 82.4. The first-order valence-corrected chi connectivity index (χ1v) is 57.2.